The van der Waals surface area contributed by atoms with Crippen LogP contribution in [0.15, 0.2) is 24.4 Å². The highest BCUT2D eigenvalue weighted by molar-refractivity contribution is 5.23. The normalized spacial score (nSPS) is 14.8. The van der Waals surface area contributed by atoms with Crippen LogP contribution >= 0.6 is 0 Å². The van der Waals surface area contributed by atoms with Gasteiger partial charge < -0.3 is 5.73 Å². The molecule has 0 aliphatic rings. The average Bonchev–Trinajstić information content (AvgIpc) is 2.13. The van der Waals surface area contributed by atoms with Gasteiger partial charge in [-0.2, -0.15) is 0 Å². The zero-order valence-corrected chi connectivity index (χ0v) is 9.97. The summed E-state index contributed by atoms with van der Waals surface area (Å²) < 4.78 is 0. The standard InChI is InChI=1S/C13H25N/c1-6-7-10(2)8-9-11(3)12(4)13(5)14/h10-11H,4-9,14H2,1-3H3. The number of hydrogen-bond acceptors (Lipinski definition) is 1. The summed E-state index contributed by atoms with van der Waals surface area (Å²) in [6.07, 6.45) is 5.04. The van der Waals surface area contributed by atoms with Crippen LogP contribution in [0.4, 0.5) is 0 Å². The summed E-state index contributed by atoms with van der Waals surface area (Å²) in [4.78, 5) is 0. The van der Waals surface area contributed by atoms with Crippen LogP contribution in [-0.2, 0) is 0 Å². The molecule has 1 heteroatoms. The van der Waals surface area contributed by atoms with Gasteiger partial charge in [0.05, 0.1) is 0 Å². The topological polar surface area (TPSA) is 26.0 Å². The maximum Gasteiger partial charge on any atom is 0.0270 e. The summed E-state index contributed by atoms with van der Waals surface area (Å²) in [7, 11) is 0. The molecule has 0 saturated carbocycles. The van der Waals surface area contributed by atoms with Crippen LogP contribution in [-0.4, -0.2) is 0 Å². The lowest BCUT2D eigenvalue weighted by Crippen LogP contribution is -2.08. The van der Waals surface area contributed by atoms with Crippen molar-refractivity contribution in [3.05, 3.63) is 24.4 Å². The molecule has 14 heavy (non-hydrogen) atoms. The lowest BCUT2D eigenvalue weighted by Gasteiger charge is -2.17. The molecule has 0 aromatic rings. The minimum atomic E-state index is 0.479. The zero-order chi connectivity index (χ0) is 11.1. The van der Waals surface area contributed by atoms with E-state index in [4.69, 9.17) is 5.73 Å². The summed E-state index contributed by atoms with van der Waals surface area (Å²) in [5.74, 6) is 1.30. The van der Waals surface area contributed by atoms with Crippen LogP contribution in [0.1, 0.15) is 46.5 Å². The molecule has 0 bridgehead atoms. The quantitative estimate of drug-likeness (QED) is 0.613. The monoisotopic (exact) mass is 195 g/mol. The Balaban J connectivity index is 3.78. The first-order chi connectivity index (χ1) is 6.49. The Labute approximate surface area is 89.1 Å². The molecular formula is C13H25N. The summed E-state index contributed by atoms with van der Waals surface area (Å²) in [5, 5.41) is 0. The van der Waals surface area contributed by atoms with Crippen molar-refractivity contribution in [2.45, 2.75) is 46.5 Å². The zero-order valence-electron chi connectivity index (χ0n) is 9.97. The molecule has 0 amide bonds. The molecule has 0 heterocycles. The Morgan fingerprint density at radius 2 is 1.71 bits per heavy atom. The first kappa shape index (κ1) is 13.3. The van der Waals surface area contributed by atoms with Crippen molar-refractivity contribution in [3.8, 4) is 0 Å². The fourth-order valence-electron chi connectivity index (χ4n) is 1.66. The van der Waals surface area contributed by atoms with Gasteiger partial charge in [-0.1, -0.05) is 53.2 Å². The van der Waals surface area contributed by atoms with Gasteiger partial charge in [-0.15, -0.1) is 0 Å². The van der Waals surface area contributed by atoms with E-state index in [0.29, 0.717) is 11.6 Å². The summed E-state index contributed by atoms with van der Waals surface area (Å²) in [6.45, 7) is 14.4. The van der Waals surface area contributed by atoms with Crippen LogP contribution in [0.3, 0.4) is 0 Å². The van der Waals surface area contributed by atoms with Crippen LogP contribution in [0, 0.1) is 11.8 Å². The highest BCUT2D eigenvalue weighted by Crippen LogP contribution is 2.22. The molecule has 0 rings (SSSR count). The van der Waals surface area contributed by atoms with Crippen LogP contribution < -0.4 is 5.73 Å². The van der Waals surface area contributed by atoms with E-state index in [-0.39, 0.29) is 0 Å². The second-order valence-corrected chi connectivity index (χ2v) is 4.42. The summed E-state index contributed by atoms with van der Waals surface area (Å²) >= 11 is 0. The van der Waals surface area contributed by atoms with Gasteiger partial charge in [0.1, 0.15) is 0 Å². The van der Waals surface area contributed by atoms with Gasteiger partial charge in [0.2, 0.25) is 0 Å². The molecule has 0 spiro atoms. The lowest BCUT2D eigenvalue weighted by molar-refractivity contribution is 0.435. The predicted molar refractivity (Wildman–Crippen MR) is 64.9 cm³/mol. The first-order valence-electron chi connectivity index (χ1n) is 5.62. The summed E-state index contributed by atoms with van der Waals surface area (Å²) in [5.41, 5.74) is 7.26. The van der Waals surface area contributed by atoms with Gasteiger partial charge in [-0.3, -0.25) is 0 Å². The molecule has 2 atom stereocenters. The third-order valence-corrected chi connectivity index (χ3v) is 2.88. The molecule has 0 aromatic carbocycles. The summed E-state index contributed by atoms with van der Waals surface area (Å²) in [6, 6.07) is 0. The molecule has 1 nitrogen and oxygen atoms in total. The molecule has 0 aliphatic heterocycles. The molecule has 82 valence electrons. The number of hydrogen-bond donors (Lipinski definition) is 1. The second-order valence-electron chi connectivity index (χ2n) is 4.42. The Morgan fingerprint density at radius 3 is 2.14 bits per heavy atom. The molecule has 0 aliphatic carbocycles. The maximum absolute atomic E-state index is 5.61. The van der Waals surface area contributed by atoms with E-state index in [1.165, 1.54) is 25.7 Å². The van der Waals surface area contributed by atoms with E-state index >= 15 is 0 Å². The third-order valence-electron chi connectivity index (χ3n) is 2.88. The van der Waals surface area contributed by atoms with E-state index in [9.17, 15) is 0 Å². The van der Waals surface area contributed by atoms with Crippen LogP contribution in [0.25, 0.3) is 0 Å². The highest BCUT2D eigenvalue weighted by atomic mass is 14.6. The van der Waals surface area contributed by atoms with E-state index in [0.717, 1.165) is 11.5 Å². The smallest absolute Gasteiger partial charge is 0.0270 e. The van der Waals surface area contributed by atoms with E-state index in [1.54, 1.807) is 0 Å². The minimum absolute atomic E-state index is 0.479. The van der Waals surface area contributed by atoms with E-state index in [2.05, 4.69) is 33.9 Å². The molecule has 0 aromatic heterocycles. The van der Waals surface area contributed by atoms with Crippen molar-refractivity contribution in [1.82, 2.24) is 0 Å². The Morgan fingerprint density at radius 1 is 1.14 bits per heavy atom. The van der Waals surface area contributed by atoms with Gasteiger partial charge >= 0.3 is 0 Å². The molecule has 0 saturated heterocycles. The lowest BCUT2D eigenvalue weighted by atomic mass is 9.90. The van der Waals surface area contributed by atoms with E-state index < -0.39 is 0 Å². The first-order valence-corrected chi connectivity index (χ1v) is 5.62. The highest BCUT2D eigenvalue weighted by Gasteiger charge is 2.09. The Kier molecular flexibility index (Phi) is 6.35. The maximum atomic E-state index is 5.61. The molecular weight excluding hydrogens is 170 g/mol. The van der Waals surface area contributed by atoms with Crippen molar-refractivity contribution in [1.29, 1.82) is 0 Å². The average molecular weight is 195 g/mol. The molecule has 2 unspecified atom stereocenters. The van der Waals surface area contributed by atoms with Crippen molar-refractivity contribution >= 4 is 0 Å². The van der Waals surface area contributed by atoms with E-state index in [1.807, 2.05) is 0 Å². The van der Waals surface area contributed by atoms with Crippen molar-refractivity contribution < 1.29 is 0 Å². The van der Waals surface area contributed by atoms with Crippen molar-refractivity contribution in [2.24, 2.45) is 17.6 Å². The van der Waals surface area contributed by atoms with Crippen LogP contribution in [0.5, 0.6) is 0 Å². The van der Waals surface area contributed by atoms with Gasteiger partial charge in [0, 0.05) is 5.70 Å². The second kappa shape index (κ2) is 6.69. The molecule has 0 fully saturated rings. The molecule has 0 radical (unpaired) electrons. The van der Waals surface area contributed by atoms with Gasteiger partial charge in [0.15, 0.2) is 0 Å². The third kappa shape index (κ3) is 5.11. The van der Waals surface area contributed by atoms with Crippen molar-refractivity contribution in [2.75, 3.05) is 0 Å². The Bertz CT molecular complexity index is 193. The van der Waals surface area contributed by atoms with Gasteiger partial charge in [0.25, 0.3) is 0 Å². The van der Waals surface area contributed by atoms with Gasteiger partial charge in [-0.05, 0) is 23.8 Å². The minimum Gasteiger partial charge on any atom is -0.399 e. The number of nitrogens with two attached hydrogens (primary N) is 1. The fraction of sp³-hybridized carbons (Fsp3) is 0.692. The molecule has 2 N–H and O–H groups in total. The predicted octanol–water partition coefficient (Wildman–Crippen LogP) is 3.87. The fourth-order valence-corrected chi connectivity index (χ4v) is 1.66. The number of allylic oxidation sites excluding steroid dienone is 1. The Hall–Kier alpha value is -0.720. The van der Waals surface area contributed by atoms with Gasteiger partial charge in [-0.25, -0.2) is 0 Å². The van der Waals surface area contributed by atoms with Crippen molar-refractivity contribution in [3.63, 3.8) is 0 Å². The van der Waals surface area contributed by atoms with Crippen LogP contribution in [0.2, 0.25) is 0 Å². The number of rotatable bonds is 7. The largest absolute Gasteiger partial charge is 0.399 e. The SMILES string of the molecule is C=C(N)C(=C)C(C)CCC(C)CCC.